The molecule has 192 valence electrons. The van der Waals surface area contributed by atoms with E-state index in [9.17, 15) is 14.9 Å². The van der Waals surface area contributed by atoms with Crippen LogP contribution in [0.1, 0.15) is 33.2 Å². The zero-order valence-corrected chi connectivity index (χ0v) is 21.1. The molecular weight excluding hydrogens is 482 g/mol. The summed E-state index contributed by atoms with van der Waals surface area (Å²) in [6.07, 6.45) is -0.558. The fourth-order valence-corrected chi connectivity index (χ4v) is 4.88. The quantitative estimate of drug-likeness (QED) is 0.215. The molecule has 0 unspecified atom stereocenters. The van der Waals surface area contributed by atoms with Gasteiger partial charge in [0.05, 0.1) is 30.4 Å². The van der Waals surface area contributed by atoms with Crippen LogP contribution in [0.15, 0.2) is 97.1 Å². The summed E-state index contributed by atoms with van der Waals surface area (Å²) in [5, 5.41) is 11.6. The molecule has 0 fully saturated rings. The number of nitro groups is 1. The van der Waals surface area contributed by atoms with Gasteiger partial charge in [0, 0.05) is 36.9 Å². The van der Waals surface area contributed by atoms with Crippen molar-refractivity contribution in [2.45, 2.75) is 19.3 Å². The van der Waals surface area contributed by atoms with Crippen LogP contribution in [0.25, 0.3) is 0 Å². The van der Waals surface area contributed by atoms with Gasteiger partial charge in [-0.15, -0.1) is 0 Å². The Morgan fingerprint density at radius 3 is 2.00 bits per heavy atom. The monoisotopic (exact) mass is 509 g/mol. The minimum Gasteiger partial charge on any atom is -0.497 e. The second-order valence-corrected chi connectivity index (χ2v) is 8.97. The van der Waals surface area contributed by atoms with E-state index >= 15 is 0 Å². The summed E-state index contributed by atoms with van der Waals surface area (Å²) in [4.78, 5) is 29.1. The summed E-state index contributed by atoms with van der Waals surface area (Å²) in [5.74, 6) is 0.913. The van der Waals surface area contributed by atoms with Gasteiger partial charge in [-0.3, -0.25) is 14.9 Å². The number of nitrogens with zero attached hydrogens (tertiary/aromatic N) is 3. The normalized spacial score (nSPS) is 14.7. The molecule has 0 N–H and O–H groups in total. The largest absolute Gasteiger partial charge is 0.497 e. The van der Waals surface area contributed by atoms with Gasteiger partial charge in [-0.2, -0.15) is 0 Å². The first-order valence-electron chi connectivity index (χ1n) is 12.2. The Hall–Kier alpha value is -4.85. The second kappa shape index (κ2) is 10.6. The zero-order chi connectivity index (χ0) is 26.6. The Kier molecular flexibility index (Phi) is 6.95. The minimum absolute atomic E-state index is 0.128. The predicted octanol–water partition coefficient (Wildman–Crippen LogP) is 5.97. The van der Waals surface area contributed by atoms with Gasteiger partial charge >= 0.3 is 0 Å². The van der Waals surface area contributed by atoms with Crippen LogP contribution < -0.4 is 14.4 Å². The number of carbonyl (C=O) groups is 1. The number of hydrogen-bond acceptors (Lipinski definition) is 6. The first-order valence-corrected chi connectivity index (χ1v) is 12.2. The molecular formula is C30H27N3O5. The predicted molar refractivity (Wildman–Crippen MR) is 144 cm³/mol. The van der Waals surface area contributed by atoms with E-state index in [0.29, 0.717) is 30.3 Å². The molecule has 0 saturated carbocycles. The molecule has 4 aromatic rings. The molecule has 0 saturated heterocycles. The van der Waals surface area contributed by atoms with Crippen LogP contribution in [-0.4, -0.2) is 29.9 Å². The smallest absolute Gasteiger partial charge is 0.270 e. The van der Waals surface area contributed by atoms with Crippen molar-refractivity contribution in [3.05, 3.63) is 129 Å². The number of anilines is 1. The maximum atomic E-state index is 14.1. The highest BCUT2D eigenvalue weighted by atomic mass is 16.6. The van der Waals surface area contributed by atoms with Gasteiger partial charge in [-0.25, -0.2) is 0 Å². The number of methoxy groups -OCH3 is 2. The molecule has 1 heterocycles. The van der Waals surface area contributed by atoms with Crippen molar-refractivity contribution in [3.8, 4) is 11.5 Å². The van der Waals surface area contributed by atoms with Gasteiger partial charge in [0.15, 0.2) is 0 Å². The van der Waals surface area contributed by atoms with E-state index in [2.05, 4.69) is 4.90 Å². The summed E-state index contributed by atoms with van der Waals surface area (Å²) in [7, 11) is 3.18. The van der Waals surface area contributed by atoms with Crippen LogP contribution in [-0.2, 0) is 13.1 Å². The average Bonchev–Trinajstić information content (AvgIpc) is 2.96. The van der Waals surface area contributed by atoms with Gasteiger partial charge in [-0.1, -0.05) is 60.7 Å². The molecule has 8 nitrogen and oxygen atoms in total. The average molecular weight is 510 g/mol. The van der Waals surface area contributed by atoms with E-state index < -0.39 is 11.1 Å². The summed E-state index contributed by atoms with van der Waals surface area (Å²) < 4.78 is 11.2. The molecule has 0 bridgehead atoms. The number of non-ortho nitro benzene ring substituents is 1. The van der Waals surface area contributed by atoms with E-state index in [1.54, 1.807) is 31.3 Å². The molecule has 1 aliphatic heterocycles. The Balaban J connectivity index is 1.73. The Labute approximate surface area is 220 Å². The van der Waals surface area contributed by atoms with E-state index in [0.717, 1.165) is 16.7 Å². The molecule has 1 atom stereocenters. The van der Waals surface area contributed by atoms with Crippen LogP contribution >= 0.6 is 0 Å². The molecule has 0 aliphatic carbocycles. The summed E-state index contributed by atoms with van der Waals surface area (Å²) in [5.41, 5.74) is 3.52. The van der Waals surface area contributed by atoms with E-state index in [4.69, 9.17) is 9.47 Å². The second-order valence-electron chi connectivity index (χ2n) is 8.97. The third-order valence-electron chi connectivity index (χ3n) is 6.69. The van der Waals surface area contributed by atoms with Crippen LogP contribution in [0.3, 0.4) is 0 Å². The van der Waals surface area contributed by atoms with Crippen LogP contribution in [0.2, 0.25) is 0 Å². The van der Waals surface area contributed by atoms with Crippen molar-refractivity contribution in [2.24, 2.45) is 0 Å². The Bertz CT molecular complexity index is 1460. The summed E-state index contributed by atoms with van der Waals surface area (Å²) >= 11 is 0. The Morgan fingerprint density at radius 1 is 0.789 bits per heavy atom. The van der Waals surface area contributed by atoms with E-state index in [-0.39, 0.29) is 17.2 Å². The number of carbonyl (C=O) groups excluding carboxylic acids is 1. The topological polar surface area (TPSA) is 85.1 Å². The standard InChI is InChI=1S/C30H27N3O5/c1-37-24-14-15-25(28(18-24)38-2)29-31(19-21-9-5-3-6-10-21)27-16-13-23(33(35)36)17-26(27)30(34)32(29)20-22-11-7-4-8-12-22/h3-18,29H,19-20H2,1-2H3/t29-/m0/s1. The van der Waals surface area contributed by atoms with Crippen molar-refractivity contribution in [3.63, 3.8) is 0 Å². The third-order valence-corrected chi connectivity index (χ3v) is 6.69. The number of benzene rings is 4. The summed E-state index contributed by atoms with van der Waals surface area (Å²) in [6, 6.07) is 29.6. The minimum atomic E-state index is -0.558. The van der Waals surface area contributed by atoms with Crippen molar-refractivity contribution in [2.75, 3.05) is 19.1 Å². The molecule has 8 heteroatoms. The highest BCUT2D eigenvalue weighted by Crippen LogP contribution is 2.45. The number of amides is 1. The van der Waals surface area contributed by atoms with Gasteiger partial charge in [0.2, 0.25) is 0 Å². The lowest BCUT2D eigenvalue weighted by molar-refractivity contribution is -0.384. The number of nitro benzene ring substituents is 1. The first kappa shape index (κ1) is 24.8. The van der Waals surface area contributed by atoms with Gasteiger partial charge in [-0.05, 0) is 29.3 Å². The van der Waals surface area contributed by atoms with Crippen molar-refractivity contribution >= 4 is 17.3 Å². The molecule has 0 radical (unpaired) electrons. The fraction of sp³-hybridized carbons (Fsp3) is 0.167. The molecule has 1 aliphatic rings. The van der Waals surface area contributed by atoms with Crippen LogP contribution in [0.5, 0.6) is 11.5 Å². The number of hydrogen-bond donors (Lipinski definition) is 0. The highest BCUT2D eigenvalue weighted by molar-refractivity contribution is 6.02. The number of ether oxygens (including phenoxy) is 2. The maximum Gasteiger partial charge on any atom is 0.270 e. The van der Waals surface area contributed by atoms with Crippen LogP contribution in [0, 0.1) is 10.1 Å². The van der Waals surface area contributed by atoms with E-state index in [1.807, 2.05) is 72.8 Å². The lowest BCUT2D eigenvalue weighted by Gasteiger charge is -2.46. The number of rotatable bonds is 8. The lowest BCUT2D eigenvalue weighted by Crippen LogP contribution is -2.49. The number of fused-ring (bicyclic) bond motifs is 1. The van der Waals surface area contributed by atoms with Gasteiger partial charge in [0.1, 0.15) is 17.7 Å². The summed E-state index contributed by atoms with van der Waals surface area (Å²) in [6.45, 7) is 0.761. The SMILES string of the molecule is COc1ccc([C@@H]2N(Cc3ccccc3)C(=O)c3cc([N+](=O)[O-])ccc3N2Cc2ccccc2)c(OC)c1. The Morgan fingerprint density at radius 2 is 1.42 bits per heavy atom. The van der Waals surface area contributed by atoms with E-state index in [1.165, 1.54) is 12.1 Å². The maximum absolute atomic E-state index is 14.1. The lowest BCUT2D eigenvalue weighted by atomic mass is 9.98. The molecule has 5 rings (SSSR count). The molecule has 38 heavy (non-hydrogen) atoms. The molecule has 1 amide bonds. The zero-order valence-electron chi connectivity index (χ0n) is 21.1. The molecule has 0 spiro atoms. The van der Waals surface area contributed by atoms with Crippen LogP contribution in [0.4, 0.5) is 11.4 Å². The molecule has 0 aromatic heterocycles. The first-order chi connectivity index (χ1) is 18.5. The fourth-order valence-electron chi connectivity index (χ4n) is 4.88. The van der Waals surface area contributed by atoms with Crippen molar-refractivity contribution < 1.29 is 19.2 Å². The van der Waals surface area contributed by atoms with Gasteiger partial charge in [0.25, 0.3) is 11.6 Å². The van der Waals surface area contributed by atoms with Crippen molar-refractivity contribution in [1.29, 1.82) is 0 Å². The third kappa shape index (κ3) is 4.76. The molecule has 4 aromatic carbocycles. The highest BCUT2D eigenvalue weighted by Gasteiger charge is 2.41. The van der Waals surface area contributed by atoms with Gasteiger partial charge < -0.3 is 19.3 Å². The van der Waals surface area contributed by atoms with Crippen molar-refractivity contribution in [1.82, 2.24) is 4.90 Å².